The quantitative estimate of drug-likeness (QED) is 0.349. The second kappa shape index (κ2) is 5.15. The average molecular weight is 242 g/mol. The van der Waals surface area contributed by atoms with Gasteiger partial charge in [0.15, 0.2) is 0 Å². The molecule has 6 heteroatoms. The molecule has 0 atom stereocenters. The van der Waals surface area contributed by atoms with Crippen molar-refractivity contribution in [3.8, 4) is 0 Å². The fourth-order valence-electron chi connectivity index (χ4n) is 1.48. The van der Waals surface area contributed by atoms with Gasteiger partial charge in [0.2, 0.25) is 5.78 Å². The van der Waals surface area contributed by atoms with Crippen LogP contribution in [0.5, 0.6) is 0 Å². The van der Waals surface area contributed by atoms with Crippen LogP contribution < -0.4 is 11.3 Å². The van der Waals surface area contributed by atoms with Gasteiger partial charge in [-0.3, -0.25) is 25.0 Å². The third-order valence-electron chi connectivity index (χ3n) is 2.32. The highest BCUT2D eigenvalue weighted by Crippen LogP contribution is 2.11. The summed E-state index contributed by atoms with van der Waals surface area (Å²) in [6, 6.07) is 6.29. The minimum Gasteiger partial charge on any atom is -0.290 e. The maximum Gasteiger partial charge on any atom is 0.267 e. The first-order valence-electron chi connectivity index (χ1n) is 5.14. The Morgan fingerprint density at radius 1 is 1.17 bits per heavy atom. The van der Waals surface area contributed by atoms with Crippen molar-refractivity contribution in [3.63, 3.8) is 0 Å². The van der Waals surface area contributed by atoms with Crippen LogP contribution in [0.4, 0.5) is 0 Å². The van der Waals surface area contributed by atoms with Gasteiger partial charge in [0.1, 0.15) is 5.69 Å². The first-order valence-corrected chi connectivity index (χ1v) is 5.14. The number of hydrogen-bond acceptors (Lipinski definition) is 5. The molecule has 2 aromatic heterocycles. The molecule has 18 heavy (non-hydrogen) atoms. The van der Waals surface area contributed by atoms with Gasteiger partial charge >= 0.3 is 0 Å². The van der Waals surface area contributed by atoms with Crippen LogP contribution in [0.3, 0.4) is 0 Å². The van der Waals surface area contributed by atoms with E-state index in [1.807, 2.05) is 5.43 Å². The van der Waals surface area contributed by atoms with E-state index in [2.05, 4.69) is 9.97 Å². The normalized spacial score (nSPS) is 9.83. The molecule has 2 rings (SSSR count). The Kier molecular flexibility index (Phi) is 3.40. The predicted octanol–water partition coefficient (Wildman–Crippen LogP) is 0.311. The summed E-state index contributed by atoms with van der Waals surface area (Å²) in [4.78, 5) is 31.5. The summed E-state index contributed by atoms with van der Waals surface area (Å²) < 4.78 is 0. The maximum atomic E-state index is 12.2. The summed E-state index contributed by atoms with van der Waals surface area (Å²) >= 11 is 0. The molecule has 2 aromatic rings. The van der Waals surface area contributed by atoms with E-state index >= 15 is 0 Å². The van der Waals surface area contributed by atoms with Crippen molar-refractivity contribution < 1.29 is 9.59 Å². The number of carbonyl (C=O) groups is 2. The second-order valence-electron chi connectivity index (χ2n) is 3.44. The van der Waals surface area contributed by atoms with Crippen LogP contribution >= 0.6 is 0 Å². The SMILES string of the molecule is NNC(=O)c1cccnc1C(=O)c1cccnc1. The number of nitrogens with two attached hydrogens (primary N) is 1. The molecule has 6 nitrogen and oxygen atoms in total. The Labute approximate surface area is 103 Å². The summed E-state index contributed by atoms with van der Waals surface area (Å²) in [5.74, 6) is 4.13. The number of hydrogen-bond donors (Lipinski definition) is 2. The highest BCUT2D eigenvalue weighted by molar-refractivity contribution is 6.13. The topological polar surface area (TPSA) is 98.0 Å². The Morgan fingerprint density at radius 3 is 2.61 bits per heavy atom. The molecule has 0 bridgehead atoms. The summed E-state index contributed by atoms with van der Waals surface area (Å²) in [6.07, 6.45) is 4.42. The lowest BCUT2D eigenvalue weighted by molar-refractivity contribution is 0.0940. The molecule has 0 aromatic carbocycles. The van der Waals surface area contributed by atoms with Crippen LogP contribution in [0.2, 0.25) is 0 Å². The predicted molar refractivity (Wildman–Crippen MR) is 63.6 cm³/mol. The van der Waals surface area contributed by atoms with Gasteiger partial charge < -0.3 is 0 Å². The van der Waals surface area contributed by atoms with Gasteiger partial charge in [0, 0.05) is 24.2 Å². The summed E-state index contributed by atoms with van der Waals surface area (Å²) in [5, 5.41) is 0. The summed E-state index contributed by atoms with van der Waals surface area (Å²) in [6.45, 7) is 0. The van der Waals surface area contributed by atoms with Crippen LogP contribution in [0, 0.1) is 0 Å². The molecule has 0 fully saturated rings. The van der Waals surface area contributed by atoms with Crippen molar-refractivity contribution in [1.82, 2.24) is 15.4 Å². The molecule has 0 unspecified atom stereocenters. The molecule has 0 saturated heterocycles. The van der Waals surface area contributed by atoms with E-state index in [-0.39, 0.29) is 17.0 Å². The molecule has 3 N–H and O–H groups in total. The minimum absolute atomic E-state index is 0.0495. The Morgan fingerprint density at radius 2 is 1.94 bits per heavy atom. The van der Waals surface area contributed by atoms with E-state index in [1.165, 1.54) is 18.5 Å². The molecule has 1 amide bonds. The lowest BCUT2D eigenvalue weighted by Crippen LogP contribution is -2.31. The number of nitrogens with one attached hydrogen (secondary N) is 1. The van der Waals surface area contributed by atoms with Crippen molar-refractivity contribution in [1.29, 1.82) is 0 Å². The van der Waals surface area contributed by atoms with E-state index in [1.54, 1.807) is 24.4 Å². The number of pyridine rings is 2. The number of nitrogen functional groups attached to an aromatic ring is 1. The van der Waals surface area contributed by atoms with Gasteiger partial charge in [-0.25, -0.2) is 5.84 Å². The maximum absolute atomic E-state index is 12.2. The zero-order chi connectivity index (χ0) is 13.0. The van der Waals surface area contributed by atoms with Gasteiger partial charge in [0.25, 0.3) is 5.91 Å². The number of amides is 1. The first kappa shape index (κ1) is 11.9. The fourth-order valence-corrected chi connectivity index (χ4v) is 1.48. The molecule has 0 spiro atoms. The average Bonchev–Trinajstić information content (AvgIpc) is 2.46. The minimum atomic E-state index is -0.560. The zero-order valence-corrected chi connectivity index (χ0v) is 9.33. The molecule has 0 aliphatic heterocycles. The van der Waals surface area contributed by atoms with E-state index < -0.39 is 5.91 Å². The van der Waals surface area contributed by atoms with Gasteiger partial charge in [-0.1, -0.05) is 0 Å². The van der Waals surface area contributed by atoms with Gasteiger partial charge in [-0.15, -0.1) is 0 Å². The van der Waals surface area contributed by atoms with Crippen LogP contribution in [0.15, 0.2) is 42.9 Å². The van der Waals surface area contributed by atoms with Crippen molar-refractivity contribution in [3.05, 3.63) is 59.7 Å². The van der Waals surface area contributed by atoms with Crippen LogP contribution in [0.25, 0.3) is 0 Å². The third-order valence-corrected chi connectivity index (χ3v) is 2.32. The summed E-state index contributed by atoms with van der Waals surface area (Å²) in [7, 11) is 0. The molecule has 0 saturated carbocycles. The Balaban J connectivity index is 2.46. The zero-order valence-electron chi connectivity index (χ0n) is 9.33. The lowest BCUT2D eigenvalue weighted by Gasteiger charge is -2.05. The molecular weight excluding hydrogens is 232 g/mol. The van der Waals surface area contributed by atoms with E-state index in [9.17, 15) is 9.59 Å². The second-order valence-corrected chi connectivity index (χ2v) is 3.44. The van der Waals surface area contributed by atoms with E-state index in [4.69, 9.17) is 5.84 Å². The van der Waals surface area contributed by atoms with Crippen molar-refractivity contribution >= 4 is 11.7 Å². The number of aromatic nitrogens is 2. The van der Waals surface area contributed by atoms with Gasteiger partial charge in [-0.05, 0) is 24.3 Å². The van der Waals surface area contributed by atoms with Crippen molar-refractivity contribution in [2.75, 3.05) is 0 Å². The molecule has 2 heterocycles. The van der Waals surface area contributed by atoms with Crippen LogP contribution in [0.1, 0.15) is 26.4 Å². The van der Waals surface area contributed by atoms with Crippen LogP contribution in [-0.2, 0) is 0 Å². The van der Waals surface area contributed by atoms with Gasteiger partial charge in [-0.2, -0.15) is 0 Å². The van der Waals surface area contributed by atoms with Crippen molar-refractivity contribution in [2.24, 2.45) is 5.84 Å². The molecule has 90 valence electrons. The molecular formula is C12H10N4O2. The monoisotopic (exact) mass is 242 g/mol. The number of nitrogens with zero attached hydrogens (tertiary/aromatic N) is 2. The number of rotatable bonds is 3. The van der Waals surface area contributed by atoms with E-state index in [0.717, 1.165) is 0 Å². The smallest absolute Gasteiger partial charge is 0.267 e. The molecule has 0 radical (unpaired) electrons. The standard InChI is InChI=1S/C12H10N4O2/c13-16-12(18)9-4-2-6-15-10(9)11(17)8-3-1-5-14-7-8/h1-7H,13H2,(H,16,18). The van der Waals surface area contributed by atoms with E-state index in [0.29, 0.717) is 5.56 Å². The Hall–Kier alpha value is -2.60. The fraction of sp³-hybridized carbons (Fsp3) is 0. The third kappa shape index (κ3) is 2.23. The summed E-state index contributed by atoms with van der Waals surface area (Å²) in [5.41, 5.74) is 2.53. The highest BCUT2D eigenvalue weighted by atomic mass is 16.2. The number of ketones is 1. The van der Waals surface area contributed by atoms with Gasteiger partial charge in [0.05, 0.1) is 5.56 Å². The van der Waals surface area contributed by atoms with Crippen molar-refractivity contribution in [2.45, 2.75) is 0 Å². The lowest BCUT2D eigenvalue weighted by atomic mass is 10.0. The highest BCUT2D eigenvalue weighted by Gasteiger charge is 2.18. The number of hydrazine groups is 1. The first-order chi connectivity index (χ1) is 8.74. The molecule has 0 aliphatic rings. The molecule has 0 aliphatic carbocycles. The largest absolute Gasteiger partial charge is 0.290 e. The Bertz CT molecular complexity index is 584. The van der Waals surface area contributed by atoms with Crippen LogP contribution in [-0.4, -0.2) is 21.7 Å². The number of carbonyl (C=O) groups excluding carboxylic acids is 2.